The SMILES string of the molecule is CCCCC(CC)OC(=O)CCCCCCCOCC(C)OCCCCCCCC(=O)OC(CC)CCCC. The summed E-state index contributed by atoms with van der Waals surface area (Å²) < 4.78 is 22.8. The minimum absolute atomic E-state index is 0.0320. The van der Waals surface area contributed by atoms with Gasteiger partial charge in [0, 0.05) is 26.1 Å². The summed E-state index contributed by atoms with van der Waals surface area (Å²) in [6.07, 6.45) is 20.4. The Morgan fingerprint density at radius 3 is 1.46 bits per heavy atom. The van der Waals surface area contributed by atoms with Crippen molar-refractivity contribution >= 4 is 11.9 Å². The quantitative estimate of drug-likeness (QED) is 0.0676. The fourth-order valence-electron chi connectivity index (χ4n) is 4.53. The van der Waals surface area contributed by atoms with Gasteiger partial charge in [0.05, 0.1) is 12.7 Å². The van der Waals surface area contributed by atoms with Gasteiger partial charge in [0.2, 0.25) is 0 Å². The molecule has 232 valence electrons. The van der Waals surface area contributed by atoms with E-state index in [1.54, 1.807) is 0 Å². The largest absolute Gasteiger partial charge is 0.462 e. The van der Waals surface area contributed by atoms with Crippen LogP contribution in [0, 0.1) is 0 Å². The standard InChI is InChI=1S/C33H64O6/c1-6-10-22-30(8-3)38-32(34)24-18-14-12-16-20-26-36-28-29(5)37-27-21-17-13-15-19-25-33(35)39-31(9-4)23-11-7-2/h29-31H,6-28H2,1-5H3. The molecule has 0 rings (SSSR count). The molecule has 0 saturated heterocycles. The van der Waals surface area contributed by atoms with Gasteiger partial charge in [-0.05, 0) is 58.3 Å². The molecule has 0 amide bonds. The molecule has 0 N–H and O–H groups in total. The fraction of sp³-hybridized carbons (Fsp3) is 0.939. The third-order valence-electron chi connectivity index (χ3n) is 7.22. The van der Waals surface area contributed by atoms with Crippen LogP contribution in [0.3, 0.4) is 0 Å². The van der Waals surface area contributed by atoms with Gasteiger partial charge >= 0.3 is 11.9 Å². The topological polar surface area (TPSA) is 71.1 Å². The van der Waals surface area contributed by atoms with Crippen LogP contribution in [0.1, 0.15) is 163 Å². The number of hydrogen-bond donors (Lipinski definition) is 0. The van der Waals surface area contributed by atoms with Crippen LogP contribution in [0.25, 0.3) is 0 Å². The normalized spacial score (nSPS) is 13.7. The number of esters is 2. The predicted molar refractivity (Wildman–Crippen MR) is 161 cm³/mol. The second-order valence-corrected chi connectivity index (χ2v) is 11.1. The van der Waals surface area contributed by atoms with Crippen molar-refractivity contribution in [3.05, 3.63) is 0 Å². The van der Waals surface area contributed by atoms with Crippen LogP contribution in [0.2, 0.25) is 0 Å². The number of ether oxygens (including phenoxy) is 4. The van der Waals surface area contributed by atoms with E-state index in [1.807, 2.05) is 0 Å². The minimum atomic E-state index is -0.0321. The maximum atomic E-state index is 12.0. The van der Waals surface area contributed by atoms with Crippen molar-refractivity contribution in [2.75, 3.05) is 19.8 Å². The Morgan fingerprint density at radius 2 is 1.00 bits per heavy atom. The first kappa shape index (κ1) is 37.9. The van der Waals surface area contributed by atoms with E-state index < -0.39 is 0 Å². The first-order valence-electron chi connectivity index (χ1n) is 16.5. The van der Waals surface area contributed by atoms with E-state index in [9.17, 15) is 9.59 Å². The second-order valence-electron chi connectivity index (χ2n) is 11.1. The summed E-state index contributed by atoms with van der Waals surface area (Å²) >= 11 is 0. The van der Waals surface area contributed by atoms with Gasteiger partial charge in [0.25, 0.3) is 0 Å². The first-order valence-corrected chi connectivity index (χ1v) is 16.5. The molecule has 39 heavy (non-hydrogen) atoms. The molecule has 0 aliphatic heterocycles. The monoisotopic (exact) mass is 556 g/mol. The molecule has 0 aromatic heterocycles. The molecule has 0 aliphatic rings. The lowest BCUT2D eigenvalue weighted by atomic mass is 10.1. The Bertz CT molecular complexity index is 552. The summed E-state index contributed by atoms with van der Waals surface area (Å²) in [5.74, 6) is -0.0641. The van der Waals surface area contributed by atoms with E-state index in [1.165, 1.54) is 0 Å². The number of rotatable bonds is 29. The summed E-state index contributed by atoms with van der Waals surface area (Å²) in [6, 6.07) is 0. The lowest BCUT2D eigenvalue weighted by Crippen LogP contribution is -2.17. The van der Waals surface area contributed by atoms with Gasteiger partial charge < -0.3 is 18.9 Å². The smallest absolute Gasteiger partial charge is 0.306 e. The summed E-state index contributed by atoms with van der Waals surface area (Å²) in [5, 5.41) is 0. The molecular formula is C33H64O6. The predicted octanol–water partition coefficient (Wildman–Crippen LogP) is 9.11. The van der Waals surface area contributed by atoms with E-state index in [0.717, 1.165) is 129 Å². The summed E-state index contributed by atoms with van der Waals surface area (Å²) in [4.78, 5) is 24.0. The van der Waals surface area contributed by atoms with Gasteiger partial charge in [-0.15, -0.1) is 0 Å². The molecule has 0 fully saturated rings. The van der Waals surface area contributed by atoms with Crippen molar-refractivity contribution in [1.82, 2.24) is 0 Å². The van der Waals surface area contributed by atoms with Gasteiger partial charge in [-0.25, -0.2) is 0 Å². The highest BCUT2D eigenvalue weighted by atomic mass is 16.5. The zero-order valence-corrected chi connectivity index (χ0v) is 26.4. The Hall–Kier alpha value is -1.14. The van der Waals surface area contributed by atoms with Crippen molar-refractivity contribution in [2.24, 2.45) is 0 Å². The fourth-order valence-corrected chi connectivity index (χ4v) is 4.53. The molecule has 3 atom stereocenters. The van der Waals surface area contributed by atoms with Crippen molar-refractivity contribution in [1.29, 1.82) is 0 Å². The number of hydrogen-bond acceptors (Lipinski definition) is 6. The zero-order valence-electron chi connectivity index (χ0n) is 26.4. The molecule has 3 unspecified atom stereocenters. The second kappa shape index (κ2) is 28.4. The van der Waals surface area contributed by atoms with E-state index in [0.29, 0.717) is 19.4 Å². The molecule has 0 saturated carbocycles. The van der Waals surface area contributed by atoms with Crippen LogP contribution >= 0.6 is 0 Å². The molecule has 0 aromatic carbocycles. The Labute approximate surface area is 241 Å². The van der Waals surface area contributed by atoms with Gasteiger partial charge in [0.1, 0.15) is 12.2 Å². The van der Waals surface area contributed by atoms with Gasteiger partial charge in [-0.1, -0.05) is 91.9 Å². The van der Waals surface area contributed by atoms with Crippen molar-refractivity contribution < 1.29 is 28.5 Å². The van der Waals surface area contributed by atoms with E-state index in [4.69, 9.17) is 18.9 Å². The molecular weight excluding hydrogens is 492 g/mol. The first-order chi connectivity index (χ1) is 19.0. The van der Waals surface area contributed by atoms with E-state index in [2.05, 4.69) is 34.6 Å². The van der Waals surface area contributed by atoms with Crippen molar-refractivity contribution in [2.45, 2.75) is 181 Å². The maximum absolute atomic E-state index is 12.0. The van der Waals surface area contributed by atoms with Crippen molar-refractivity contribution in [3.63, 3.8) is 0 Å². The van der Waals surface area contributed by atoms with Crippen LogP contribution in [0.4, 0.5) is 0 Å². The third kappa shape index (κ3) is 25.6. The summed E-state index contributed by atoms with van der Waals surface area (Å²) in [5.41, 5.74) is 0. The van der Waals surface area contributed by atoms with Gasteiger partial charge in [-0.2, -0.15) is 0 Å². The molecule has 0 aliphatic carbocycles. The maximum Gasteiger partial charge on any atom is 0.306 e. The van der Waals surface area contributed by atoms with E-state index >= 15 is 0 Å². The molecule has 6 nitrogen and oxygen atoms in total. The number of unbranched alkanes of at least 4 members (excludes halogenated alkanes) is 10. The van der Waals surface area contributed by atoms with E-state index in [-0.39, 0.29) is 30.3 Å². The highest BCUT2D eigenvalue weighted by molar-refractivity contribution is 5.69. The molecule has 0 heterocycles. The van der Waals surface area contributed by atoms with Crippen LogP contribution in [-0.4, -0.2) is 50.1 Å². The van der Waals surface area contributed by atoms with Crippen LogP contribution in [0.15, 0.2) is 0 Å². The van der Waals surface area contributed by atoms with Crippen molar-refractivity contribution in [3.8, 4) is 0 Å². The van der Waals surface area contributed by atoms with Crippen LogP contribution in [0.5, 0.6) is 0 Å². The highest BCUT2D eigenvalue weighted by Gasteiger charge is 2.13. The summed E-state index contributed by atoms with van der Waals surface area (Å²) in [6.45, 7) is 12.8. The zero-order chi connectivity index (χ0) is 29.0. The van der Waals surface area contributed by atoms with Crippen LogP contribution in [-0.2, 0) is 28.5 Å². The third-order valence-corrected chi connectivity index (χ3v) is 7.22. The Morgan fingerprint density at radius 1 is 0.564 bits per heavy atom. The lowest BCUT2D eigenvalue weighted by molar-refractivity contribution is -0.150. The molecule has 0 radical (unpaired) electrons. The number of carbonyl (C=O) groups excluding carboxylic acids is 2. The molecule has 0 spiro atoms. The Balaban J connectivity index is 3.48. The molecule has 0 aromatic rings. The van der Waals surface area contributed by atoms with Gasteiger partial charge in [0.15, 0.2) is 0 Å². The minimum Gasteiger partial charge on any atom is -0.462 e. The Kier molecular flexibility index (Phi) is 27.6. The average molecular weight is 557 g/mol. The highest BCUT2D eigenvalue weighted by Crippen LogP contribution is 2.13. The molecule has 6 heteroatoms. The lowest BCUT2D eigenvalue weighted by Gasteiger charge is -2.15. The van der Waals surface area contributed by atoms with Crippen LogP contribution < -0.4 is 0 Å². The average Bonchev–Trinajstić information content (AvgIpc) is 2.93. The van der Waals surface area contributed by atoms with Gasteiger partial charge in [-0.3, -0.25) is 9.59 Å². The number of carbonyl (C=O) groups is 2. The summed E-state index contributed by atoms with van der Waals surface area (Å²) in [7, 11) is 0. The molecule has 0 bridgehead atoms.